The molecule has 1 amide bonds. The van der Waals surface area contributed by atoms with Gasteiger partial charge in [-0.2, -0.15) is 5.10 Å². The molecule has 0 radical (unpaired) electrons. The van der Waals surface area contributed by atoms with E-state index in [0.29, 0.717) is 40.3 Å². The van der Waals surface area contributed by atoms with Gasteiger partial charge in [-0.25, -0.2) is 0 Å². The van der Waals surface area contributed by atoms with Crippen LogP contribution >= 0.6 is 11.6 Å². The van der Waals surface area contributed by atoms with Crippen LogP contribution in [-0.4, -0.2) is 37.2 Å². The Morgan fingerprint density at radius 2 is 2.10 bits per heavy atom. The summed E-state index contributed by atoms with van der Waals surface area (Å²) in [4.78, 5) is 12.5. The van der Waals surface area contributed by atoms with Gasteiger partial charge < -0.3 is 14.6 Å². The number of anilines is 1. The lowest BCUT2D eigenvalue weighted by Crippen LogP contribution is -2.15. The molecular formula is C20H21ClN3O4S-. The molecule has 3 aromatic rings. The predicted octanol–water partition coefficient (Wildman–Crippen LogP) is 3.53. The van der Waals surface area contributed by atoms with Crippen LogP contribution in [0, 0.1) is 0 Å². The van der Waals surface area contributed by atoms with Crippen LogP contribution in [0.4, 0.5) is 5.69 Å². The van der Waals surface area contributed by atoms with Crippen molar-refractivity contribution in [3.63, 3.8) is 0 Å². The maximum atomic E-state index is 12.4. The van der Waals surface area contributed by atoms with Crippen LogP contribution in [0.2, 0.25) is 5.02 Å². The Morgan fingerprint density at radius 1 is 1.34 bits per heavy atom. The SMILES string of the molecule is CC(C)OCCn1cc2c(S(=O)[O-])cc(NC(=O)Cc3ccccc3Cl)cc2n1. The lowest BCUT2D eigenvalue weighted by atomic mass is 10.1. The summed E-state index contributed by atoms with van der Waals surface area (Å²) in [7, 11) is 0. The van der Waals surface area contributed by atoms with E-state index in [1.807, 2.05) is 13.8 Å². The summed E-state index contributed by atoms with van der Waals surface area (Å²) in [6.07, 6.45) is 1.85. The van der Waals surface area contributed by atoms with E-state index in [1.165, 1.54) is 6.07 Å². The first-order chi connectivity index (χ1) is 13.8. The largest absolute Gasteiger partial charge is 0.768 e. The van der Waals surface area contributed by atoms with E-state index >= 15 is 0 Å². The van der Waals surface area contributed by atoms with E-state index in [-0.39, 0.29) is 23.3 Å². The summed E-state index contributed by atoms with van der Waals surface area (Å²) in [5, 5.41) is 8.13. The molecule has 1 atom stereocenters. The van der Waals surface area contributed by atoms with Crippen molar-refractivity contribution in [3.05, 3.63) is 53.2 Å². The number of carbonyl (C=O) groups is 1. The number of aromatic nitrogens is 2. The highest BCUT2D eigenvalue weighted by Crippen LogP contribution is 2.26. The fraction of sp³-hybridized carbons (Fsp3) is 0.300. The van der Waals surface area contributed by atoms with Crippen LogP contribution in [0.3, 0.4) is 0 Å². The van der Waals surface area contributed by atoms with Crippen LogP contribution in [0.1, 0.15) is 19.4 Å². The van der Waals surface area contributed by atoms with Crippen molar-refractivity contribution < 1.29 is 18.3 Å². The molecule has 1 N–H and O–H groups in total. The number of nitrogens with zero attached hydrogens (tertiary/aromatic N) is 2. The number of benzene rings is 2. The summed E-state index contributed by atoms with van der Waals surface area (Å²) in [6.45, 7) is 4.83. The van der Waals surface area contributed by atoms with Crippen molar-refractivity contribution in [1.29, 1.82) is 0 Å². The van der Waals surface area contributed by atoms with Gasteiger partial charge >= 0.3 is 0 Å². The van der Waals surface area contributed by atoms with Gasteiger partial charge in [0, 0.05) is 27.2 Å². The zero-order valence-corrected chi connectivity index (χ0v) is 17.6. The van der Waals surface area contributed by atoms with Crippen molar-refractivity contribution >= 4 is 45.2 Å². The number of hydrogen-bond acceptors (Lipinski definition) is 5. The Balaban J connectivity index is 1.81. The molecule has 0 saturated heterocycles. The summed E-state index contributed by atoms with van der Waals surface area (Å²) in [6, 6.07) is 10.1. The van der Waals surface area contributed by atoms with Gasteiger partial charge in [0.2, 0.25) is 5.91 Å². The number of carbonyl (C=O) groups excluding carboxylic acids is 1. The minimum absolute atomic E-state index is 0.0755. The molecule has 3 rings (SSSR count). The van der Waals surface area contributed by atoms with E-state index in [1.54, 1.807) is 41.2 Å². The average Bonchev–Trinajstić information content (AvgIpc) is 3.05. The standard InChI is InChI=1S/C20H22ClN3O4S/c1-13(2)28-8-7-24-12-16-18(23-24)10-15(11-19(16)29(26)27)22-20(25)9-14-5-3-4-6-17(14)21/h3-6,10-13H,7-9H2,1-2H3,(H,22,25)(H,26,27)/p-1. The Bertz CT molecular complexity index is 1050. The maximum absolute atomic E-state index is 12.4. The van der Waals surface area contributed by atoms with E-state index in [4.69, 9.17) is 16.3 Å². The quantitative estimate of drug-likeness (QED) is 0.547. The highest BCUT2D eigenvalue weighted by Gasteiger charge is 2.13. The molecule has 2 aromatic carbocycles. The van der Waals surface area contributed by atoms with E-state index in [9.17, 15) is 13.6 Å². The normalized spacial score (nSPS) is 12.4. The van der Waals surface area contributed by atoms with Crippen LogP contribution in [0.15, 0.2) is 47.5 Å². The first-order valence-corrected chi connectivity index (χ1v) is 10.5. The van der Waals surface area contributed by atoms with Gasteiger partial charge in [-0.15, -0.1) is 0 Å². The predicted molar refractivity (Wildman–Crippen MR) is 112 cm³/mol. The molecule has 154 valence electrons. The number of hydrogen-bond donors (Lipinski definition) is 1. The van der Waals surface area contributed by atoms with Crippen molar-refractivity contribution in [2.24, 2.45) is 0 Å². The summed E-state index contributed by atoms with van der Waals surface area (Å²) in [5.74, 6) is -0.301. The van der Waals surface area contributed by atoms with Crippen molar-refractivity contribution in [2.75, 3.05) is 11.9 Å². The highest BCUT2D eigenvalue weighted by atomic mass is 35.5. The molecule has 0 aliphatic carbocycles. The lowest BCUT2D eigenvalue weighted by molar-refractivity contribution is -0.115. The van der Waals surface area contributed by atoms with Gasteiger partial charge in [-0.05, 0) is 48.7 Å². The molecule has 9 heteroatoms. The Labute approximate surface area is 176 Å². The molecular weight excluding hydrogens is 414 g/mol. The maximum Gasteiger partial charge on any atom is 0.228 e. The molecule has 0 aliphatic heterocycles. The van der Waals surface area contributed by atoms with Gasteiger partial charge in [0.05, 0.1) is 31.2 Å². The zero-order chi connectivity index (χ0) is 21.0. The van der Waals surface area contributed by atoms with Crippen LogP contribution in [0.25, 0.3) is 10.9 Å². The number of fused-ring (bicyclic) bond motifs is 1. The van der Waals surface area contributed by atoms with E-state index in [2.05, 4.69) is 10.4 Å². The van der Waals surface area contributed by atoms with Gasteiger partial charge in [-0.1, -0.05) is 29.8 Å². The van der Waals surface area contributed by atoms with Gasteiger partial charge in [0.1, 0.15) is 0 Å². The fourth-order valence-electron chi connectivity index (χ4n) is 2.87. The molecule has 7 nitrogen and oxygen atoms in total. The fourth-order valence-corrected chi connectivity index (χ4v) is 3.63. The zero-order valence-electron chi connectivity index (χ0n) is 16.1. The summed E-state index contributed by atoms with van der Waals surface area (Å²) >= 11 is 3.62. The second-order valence-electron chi connectivity index (χ2n) is 6.77. The number of nitrogens with one attached hydrogen (secondary N) is 1. The summed E-state index contributed by atoms with van der Waals surface area (Å²) in [5.41, 5.74) is 1.52. The molecule has 0 bridgehead atoms. The van der Waals surface area contributed by atoms with Crippen molar-refractivity contribution in [2.45, 2.75) is 37.8 Å². The highest BCUT2D eigenvalue weighted by molar-refractivity contribution is 7.79. The molecule has 0 spiro atoms. The average molecular weight is 435 g/mol. The first kappa shape index (κ1) is 21.4. The Kier molecular flexibility index (Phi) is 7.02. The Hall–Kier alpha value is -2.26. The van der Waals surface area contributed by atoms with Crippen molar-refractivity contribution in [3.8, 4) is 0 Å². The minimum Gasteiger partial charge on any atom is -0.768 e. The van der Waals surface area contributed by atoms with Gasteiger partial charge in [0.15, 0.2) is 0 Å². The molecule has 0 saturated carbocycles. The monoisotopic (exact) mass is 434 g/mol. The smallest absolute Gasteiger partial charge is 0.228 e. The van der Waals surface area contributed by atoms with Gasteiger partial charge in [0.25, 0.3) is 0 Å². The Morgan fingerprint density at radius 3 is 2.79 bits per heavy atom. The van der Waals surface area contributed by atoms with Crippen LogP contribution in [-0.2, 0) is 33.6 Å². The molecule has 29 heavy (non-hydrogen) atoms. The first-order valence-electron chi connectivity index (χ1n) is 9.09. The second kappa shape index (κ2) is 9.49. The second-order valence-corrected chi connectivity index (χ2v) is 8.09. The molecule has 0 aliphatic rings. The van der Waals surface area contributed by atoms with Crippen molar-refractivity contribution in [1.82, 2.24) is 9.78 Å². The number of ether oxygens (including phenoxy) is 1. The van der Waals surface area contributed by atoms with Crippen LogP contribution in [0.5, 0.6) is 0 Å². The molecule has 1 unspecified atom stereocenters. The van der Waals surface area contributed by atoms with E-state index < -0.39 is 11.1 Å². The number of rotatable bonds is 8. The number of halogens is 1. The van der Waals surface area contributed by atoms with Gasteiger partial charge in [-0.3, -0.25) is 13.7 Å². The third-order valence-corrected chi connectivity index (χ3v) is 5.24. The third kappa shape index (κ3) is 5.63. The molecule has 1 aromatic heterocycles. The third-order valence-electron chi connectivity index (χ3n) is 4.18. The molecule has 0 fully saturated rings. The number of amides is 1. The molecule has 1 heterocycles. The lowest BCUT2D eigenvalue weighted by Gasteiger charge is -2.11. The topological polar surface area (TPSA) is 96.3 Å². The van der Waals surface area contributed by atoms with E-state index in [0.717, 1.165) is 0 Å². The van der Waals surface area contributed by atoms with Crippen LogP contribution < -0.4 is 5.32 Å². The summed E-state index contributed by atoms with van der Waals surface area (Å²) < 4.78 is 30.6. The minimum atomic E-state index is -2.48.